The fraction of sp³-hybridized carbons (Fsp3) is 0.588. The van der Waals surface area contributed by atoms with Crippen molar-refractivity contribution >= 4 is 36.4 Å². The van der Waals surface area contributed by atoms with Crippen LogP contribution in [-0.4, -0.2) is 49.6 Å². The van der Waals surface area contributed by atoms with E-state index < -0.39 is 6.04 Å². The van der Waals surface area contributed by atoms with Crippen molar-refractivity contribution in [1.82, 2.24) is 4.90 Å². The molecule has 1 fully saturated rings. The van der Waals surface area contributed by atoms with Crippen LogP contribution >= 0.6 is 24.8 Å². The number of halogens is 2. The second kappa shape index (κ2) is 10.6. The molecule has 138 valence electrons. The Labute approximate surface area is 157 Å². The summed E-state index contributed by atoms with van der Waals surface area (Å²) in [5, 5.41) is 0. The Morgan fingerprint density at radius 3 is 2.29 bits per heavy atom. The zero-order valence-corrected chi connectivity index (χ0v) is 16.2. The number of nitrogens with zero attached hydrogens (tertiary/aromatic N) is 2. The van der Waals surface area contributed by atoms with Gasteiger partial charge in [0.2, 0.25) is 5.91 Å². The SMILES string of the molecule is CCOc1ccccc1N1CCN(C(=O)C(N)C(C)C)CC1.Cl.Cl. The van der Waals surface area contributed by atoms with E-state index >= 15 is 0 Å². The summed E-state index contributed by atoms with van der Waals surface area (Å²) in [4.78, 5) is 16.5. The lowest BCUT2D eigenvalue weighted by Crippen LogP contribution is -2.54. The molecule has 1 aromatic rings. The molecule has 2 N–H and O–H groups in total. The quantitative estimate of drug-likeness (QED) is 0.856. The molecule has 0 saturated carbocycles. The Kier molecular flexibility index (Phi) is 10.1. The molecule has 1 unspecified atom stereocenters. The van der Waals surface area contributed by atoms with Gasteiger partial charge in [-0.15, -0.1) is 24.8 Å². The smallest absolute Gasteiger partial charge is 0.239 e. The molecule has 1 atom stereocenters. The number of ether oxygens (including phenoxy) is 1. The normalized spacial score (nSPS) is 15.4. The van der Waals surface area contributed by atoms with Crippen molar-refractivity contribution < 1.29 is 9.53 Å². The summed E-state index contributed by atoms with van der Waals surface area (Å²) in [5.74, 6) is 1.14. The summed E-state index contributed by atoms with van der Waals surface area (Å²) in [5.41, 5.74) is 7.08. The minimum absolute atomic E-state index is 0. The highest BCUT2D eigenvalue weighted by Crippen LogP contribution is 2.28. The van der Waals surface area contributed by atoms with Gasteiger partial charge in [0.1, 0.15) is 5.75 Å². The number of hydrogen-bond donors (Lipinski definition) is 1. The summed E-state index contributed by atoms with van der Waals surface area (Å²) in [6.07, 6.45) is 0. The van der Waals surface area contributed by atoms with Crippen LogP contribution in [0.1, 0.15) is 20.8 Å². The molecule has 1 saturated heterocycles. The van der Waals surface area contributed by atoms with Crippen molar-refractivity contribution in [2.45, 2.75) is 26.8 Å². The average molecular weight is 378 g/mol. The molecule has 1 amide bonds. The molecule has 0 radical (unpaired) electrons. The predicted molar refractivity (Wildman–Crippen MR) is 104 cm³/mol. The minimum atomic E-state index is -0.401. The Balaban J connectivity index is 0.00000264. The first-order valence-electron chi connectivity index (χ1n) is 8.05. The molecule has 5 nitrogen and oxygen atoms in total. The van der Waals surface area contributed by atoms with Crippen LogP contribution in [0.5, 0.6) is 5.75 Å². The monoisotopic (exact) mass is 377 g/mol. The van der Waals surface area contributed by atoms with Crippen LogP contribution in [0.25, 0.3) is 0 Å². The Morgan fingerprint density at radius 2 is 1.75 bits per heavy atom. The first kappa shape index (κ1) is 22.8. The summed E-state index contributed by atoms with van der Waals surface area (Å²) >= 11 is 0. The van der Waals surface area contributed by atoms with Gasteiger partial charge in [0.05, 0.1) is 18.3 Å². The van der Waals surface area contributed by atoms with E-state index in [0.717, 1.165) is 24.5 Å². The van der Waals surface area contributed by atoms with Crippen molar-refractivity contribution in [2.24, 2.45) is 11.7 Å². The van der Waals surface area contributed by atoms with Crippen LogP contribution < -0.4 is 15.4 Å². The Hall–Kier alpha value is -1.17. The second-order valence-corrected chi connectivity index (χ2v) is 5.98. The Morgan fingerprint density at radius 1 is 1.17 bits per heavy atom. The van der Waals surface area contributed by atoms with Gasteiger partial charge in [-0.05, 0) is 25.0 Å². The van der Waals surface area contributed by atoms with E-state index in [4.69, 9.17) is 10.5 Å². The van der Waals surface area contributed by atoms with E-state index in [1.165, 1.54) is 0 Å². The van der Waals surface area contributed by atoms with Gasteiger partial charge < -0.3 is 20.3 Å². The van der Waals surface area contributed by atoms with E-state index in [1.807, 2.05) is 43.9 Å². The topological polar surface area (TPSA) is 58.8 Å². The predicted octanol–water partition coefficient (Wildman–Crippen LogP) is 2.56. The molecule has 0 spiro atoms. The molecule has 24 heavy (non-hydrogen) atoms. The number of anilines is 1. The average Bonchev–Trinajstić information content (AvgIpc) is 2.54. The molecule has 1 aromatic carbocycles. The standard InChI is InChI=1S/C17H27N3O2.2ClH/c1-4-22-15-8-6-5-7-14(15)19-9-11-20(12-10-19)17(21)16(18)13(2)3;;/h5-8,13,16H,4,9-12,18H2,1-3H3;2*1H. The van der Waals surface area contributed by atoms with Crippen molar-refractivity contribution in [1.29, 1.82) is 0 Å². The van der Waals surface area contributed by atoms with Gasteiger partial charge in [0.25, 0.3) is 0 Å². The van der Waals surface area contributed by atoms with Gasteiger partial charge in [0.15, 0.2) is 0 Å². The third kappa shape index (κ3) is 5.43. The van der Waals surface area contributed by atoms with Gasteiger partial charge in [0, 0.05) is 26.2 Å². The number of amides is 1. The zero-order chi connectivity index (χ0) is 16.1. The third-order valence-electron chi connectivity index (χ3n) is 4.10. The lowest BCUT2D eigenvalue weighted by Gasteiger charge is -2.38. The molecule has 1 heterocycles. The molecular formula is C17H29Cl2N3O2. The number of piperazine rings is 1. The van der Waals surface area contributed by atoms with E-state index in [1.54, 1.807) is 0 Å². The molecule has 7 heteroatoms. The number of rotatable bonds is 5. The fourth-order valence-corrected chi connectivity index (χ4v) is 2.66. The number of hydrogen-bond acceptors (Lipinski definition) is 4. The van der Waals surface area contributed by atoms with Crippen LogP contribution in [-0.2, 0) is 4.79 Å². The van der Waals surface area contributed by atoms with E-state index in [2.05, 4.69) is 11.0 Å². The van der Waals surface area contributed by atoms with Crippen molar-refractivity contribution in [3.05, 3.63) is 24.3 Å². The van der Waals surface area contributed by atoms with E-state index in [9.17, 15) is 4.79 Å². The summed E-state index contributed by atoms with van der Waals surface area (Å²) in [7, 11) is 0. The van der Waals surface area contributed by atoms with Crippen LogP contribution in [0.3, 0.4) is 0 Å². The molecule has 0 aromatic heterocycles. The maximum atomic E-state index is 12.3. The van der Waals surface area contributed by atoms with Crippen LogP contribution in [0.15, 0.2) is 24.3 Å². The largest absolute Gasteiger partial charge is 0.492 e. The minimum Gasteiger partial charge on any atom is -0.492 e. The van der Waals surface area contributed by atoms with Crippen molar-refractivity contribution in [3.8, 4) is 5.75 Å². The van der Waals surface area contributed by atoms with Gasteiger partial charge in [-0.1, -0.05) is 26.0 Å². The fourth-order valence-electron chi connectivity index (χ4n) is 2.66. The van der Waals surface area contributed by atoms with Crippen molar-refractivity contribution in [2.75, 3.05) is 37.7 Å². The van der Waals surface area contributed by atoms with Crippen molar-refractivity contribution in [3.63, 3.8) is 0 Å². The summed E-state index contributed by atoms with van der Waals surface area (Å²) in [6.45, 7) is 9.63. The zero-order valence-electron chi connectivity index (χ0n) is 14.6. The highest BCUT2D eigenvalue weighted by Gasteiger charge is 2.27. The first-order chi connectivity index (χ1) is 10.5. The summed E-state index contributed by atoms with van der Waals surface area (Å²) < 4.78 is 5.69. The molecular weight excluding hydrogens is 349 g/mol. The number of para-hydroxylation sites is 2. The first-order valence-corrected chi connectivity index (χ1v) is 8.05. The van der Waals surface area contributed by atoms with Gasteiger partial charge in [-0.2, -0.15) is 0 Å². The van der Waals surface area contributed by atoms with Gasteiger partial charge in [-0.25, -0.2) is 0 Å². The number of benzene rings is 1. The molecule has 1 aliphatic rings. The van der Waals surface area contributed by atoms with Gasteiger partial charge in [-0.3, -0.25) is 4.79 Å². The molecule has 1 aliphatic heterocycles. The number of nitrogens with two attached hydrogens (primary N) is 1. The maximum absolute atomic E-state index is 12.3. The van der Waals surface area contributed by atoms with Gasteiger partial charge >= 0.3 is 0 Å². The molecule has 0 bridgehead atoms. The van der Waals surface area contributed by atoms with Crippen LogP contribution in [0.4, 0.5) is 5.69 Å². The van der Waals surface area contributed by atoms with E-state index in [-0.39, 0.29) is 36.6 Å². The highest BCUT2D eigenvalue weighted by atomic mass is 35.5. The lowest BCUT2D eigenvalue weighted by molar-refractivity contribution is -0.133. The Bertz CT molecular complexity index is 506. The molecule has 2 rings (SSSR count). The highest BCUT2D eigenvalue weighted by molar-refractivity contribution is 5.85. The number of carbonyl (C=O) groups is 1. The lowest BCUT2D eigenvalue weighted by atomic mass is 10.0. The maximum Gasteiger partial charge on any atom is 0.239 e. The second-order valence-electron chi connectivity index (χ2n) is 5.98. The molecule has 0 aliphatic carbocycles. The summed E-state index contributed by atoms with van der Waals surface area (Å²) in [6, 6.07) is 7.66. The van der Waals surface area contributed by atoms with Crippen LogP contribution in [0, 0.1) is 5.92 Å². The number of carbonyl (C=O) groups excluding carboxylic acids is 1. The third-order valence-corrected chi connectivity index (χ3v) is 4.10. The van der Waals surface area contributed by atoms with Crippen LogP contribution in [0.2, 0.25) is 0 Å². The van der Waals surface area contributed by atoms with E-state index in [0.29, 0.717) is 19.7 Å².